The van der Waals surface area contributed by atoms with E-state index in [4.69, 9.17) is 10.2 Å². The highest BCUT2D eigenvalue weighted by Gasteiger charge is 2.20. The van der Waals surface area contributed by atoms with Crippen molar-refractivity contribution >= 4 is 23.7 Å². The van der Waals surface area contributed by atoms with Crippen molar-refractivity contribution in [1.29, 1.82) is 0 Å². The van der Waals surface area contributed by atoms with E-state index in [1.807, 2.05) is 0 Å². The van der Waals surface area contributed by atoms with Gasteiger partial charge in [-0.2, -0.15) is 0 Å². The number of nitrogens with zero attached hydrogens (tertiary/aromatic N) is 1. The van der Waals surface area contributed by atoms with Crippen molar-refractivity contribution in [2.75, 3.05) is 0 Å². The molecule has 16 heavy (non-hydrogen) atoms. The molecule has 0 radical (unpaired) electrons. The van der Waals surface area contributed by atoms with Crippen LogP contribution in [0.4, 0.5) is 0 Å². The van der Waals surface area contributed by atoms with E-state index in [9.17, 15) is 9.59 Å². The molecule has 0 unspecified atom stereocenters. The Morgan fingerprint density at radius 1 is 1.50 bits per heavy atom. The number of aromatic carboxylic acids is 1. The summed E-state index contributed by atoms with van der Waals surface area (Å²) in [6.45, 7) is 1.73. The summed E-state index contributed by atoms with van der Waals surface area (Å²) in [5.41, 5.74) is 0.0344. The van der Waals surface area contributed by atoms with E-state index >= 15 is 0 Å². The molecule has 5 nitrogen and oxygen atoms in total. The zero-order valence-corrected chi connectivity index (χ0v) is 9.40. The Balaban J connectivity index is 2.95. The van der Waals surface area contributed by atoms with Gasteiger partial charge in [0.1, 0.15) is 10.3 Å². The number of aliphatic carboxylic acids is 1. The highest BCUT2D eigenvalue weighted by Crippen LogP contribution is 2.26. The first kappa shape index (κ1) is 12.5. The number of hydrogen-bond donors (Lipinski definition) is 2. The zero-order chi connectivity index (χ0) is 12.1. The fourth-order valence-corrected chi connectivity index (χ4v) is 2.03. The molecule has 86 valence electrons. The number of rotatable bonds is 5. The van der Waals surface area contributed by atoms with Crippen LogP contribution in [0.2, 0.25) is 0 Å². The van der Waals surface area contributed by atoms with Crippen molar-refractivity contribution in [2.45, 2.75) is 23.6 Å². The van der Waals surface area contributed by atoms with Gasteiger partial charge in [-0.3, -0.25) is 4.79 Å². The van der Waals surface area contributed by atoms with Crippen molar-refractivity contribution in [2.24, 2.45) is 0 Å². The van der Waals surface area contributed by atoms with Gasteiger partial charge < -0.3 is 10.2 Å². The molecule has 0 aliphatic carbocycles. The summed E-state index contributed by atoms with van der Waals surface area (Å²) >= 11 is 0.960. The smallest absolute Gasteiger partial charge is 0.338 e. The Morgan fingerprint density at radius 2 is 2.19 bits per heavy atom. The Bertz CT molecular complexity index is 408. The molecule has 0 bridgehead atoms. The van der Waals surface area contributed by atoms with E-state index < -0.39 is 17.2 Å². The Kier molecular flexibility index (Phi) is 4.30. The standard InChI is InChI=1S/C10H11NO4S/c1-2-7(10(14)15)16-8-6(9(12)13)4-3-5-11-8/h3-5,7H,2H2,1H3,(H,12,13)(H,14,15)/t7-/m0/s1. The van der Waals surface area contributed by atoms with Crippen molar-refractivity contribution < 1.29 is 19.8 Å². The predicted octanol–water partition coefficient (Wildman–Crippen LogP) is 1.74. The van der Waals surface area contributed by atoms with Gasteiger partial charge in [0.15, 0.2) is 0 Å². The predicted molar refractivity (Wildman–Crippen MR) is 58.8 cm³/mol. The summed E-state index contributed by atoms with van der Waals surface area (Å²) in [6, 6.07) is 2.92. The summed E-state index contributed by atoms with van der Waals surface area (Å²) < 4.78 is 0. The average Bonchev–Trinajstić information content (AvgIpc) is 2.25. The van der Waals surface area contributed by atoms with Gasteiger partial charge in [0.05, 0.1) is 5.56 Å². The van der Waals surface area contributed by atoms with Crippen LogP contribution in [-0.2, 0) is 4.79 Å². The molecule has 1 heterocycles. The SMILES string of the molecule is CC[C@H](Sc1ncccc1C(=O)O)C(=O)O. The third-order valence-corrected chi connectivity index (χ3v) is 3.27. The quantitative estimate of drug-likeness (QED) is 0.763. The Hall–Kier alpha value is -1.56. The minimum atomic E-state index is -1.10. The summed E-state index contributed by atoms with van der Waals surface area (Å²) in [5, 5.41) is 17.3. The van der Waals surface area contributed by atoms with E-state index in [0.717, 1.165) is 11.8 Å². The third-order valence-electron chi connectivity index (χ3n) is 1.90. The maximum Gasteiger partial charge on any atom is 0.338 e. The second kappa shape index (κ2) is 5.50. The fourth-order valence-electron chi connectivity index (χ4n) is 1.09. The molecule has 0 fully saturated rings. The van der Waals surface area contributed by atoms with E-state index in [2.05, 4.69) is 4.98 Å². The lowest BCUT2D eigenvalue weighted by molar-refractivity contribution is -0.136. The average molecular weight is 241 g/mol. The van der Waals surface area contributed by atoms with Crippen LogP contribution in [0.1, 0.15) is 23.7 Å². The molecule has 1 atom stereocenters. The molecule has 1 aromatic rings. The molecule has 0 spiro atoms. The van der Waals surface area contributed by atoms with Gasteiger partial charge in [0.2, 0.25) is 0 Å². The number of carbonyl (C=O) groups is 2. The molecule has 0 saturated heterocycles. The van der Waals surface area contributed by atoms with Crippen LogP contribution < -0.4 is 0 Å². The van der Waals surface area contributed by atoms with Crippen LogP contribution in [0, 0.1) is 0 Å². The molecular formula is C10H11NO4S. The van der Waals surface area contributed by atoms with E-state index in [1.165, 1.54) is 18.3 Å². The molecule has 1 rings (SSSR count). The summed E-state index contributed by atoms with van der Waals surface area (Å²) in [7, 11) is 0. The molecule has 6 heteroatoms. The monoisotopic (exact) mass is 241 g/mol. The number of carboxylic acid groups (broad SMARTS) is 2. The van der Waals surface area contributed by atoms with Gasteiger partial charge >= 0.3 is 11.9 Å². The minimum Gasteiger partial charge on any atom is -0.480 e. The van der Waals surface area contributed by atoms with E-state index in [0.29, 0.717) is 6.42 Å². The maximum atomic E-state index is 10.9. The van der Waals surface area contributed by atoms with Crippen molar-refractivity contribution in [1.82, 2.24) is 4.98 Å². The number of carboxylic acids is 2. The molecule has 1 aromatic heterocycles. The Labute approximate surface area is 96.5 Å². The van der Waals surface area contributed by atoms with Crippen LogP contribution in [0.3, 0.4) is 0 Å². The lowest BCUT2D eigenvalue weighted by atomic mass is 10.3. The zero-order valence-electron chi connectivity index (χ0n) is 8.58. The number of hydrogen-bond acceptors (Lipinski definition) is 4. The lowest BCUT2D eigenvalue weighted by Crippen LogP contribution is -2.16. The van der Waals surface area contributed by atoms with Crippen LogP contribution >= 0.6 is 11.8 Å². The number of pyridine rings is 1. The fraction of sp³-hybridized carbons (Fsp3) is 0.300. The molecule has 0 saturated carbocycles. The van der Waals surface area contributed by atoms with Gasteiger partial charge in [-0.25, -0.2) is 9.78 Å². The molecular weight excluding hydrogens is 230 g/mol. The van der Waals surface area contributed by atoms with Gasteiger partial charge in [-0.15, -0.1) is 0 Å². The summed E-state index contributed by atoms with van der Waals surface area (Å²) in [4.78, 5) is 25.6. The highest BCUT2D eigenvalue weighted by molar-refractivity contribution is 8.00. The van der Waals surface area contributed by atoms with Gasteiger partial charge in [0.25, 0.3) is 0 Å². The normalized spacial score (nSPS) is 12.1. The summed E-state index contributed by atoms with van der Waals surface area (Å²) in [5.74, 6) is -2.06. The molecule has 0 aliphatic rings. The van der Waals surface area contributed by atoms with Crippen molar-refractivity contribution in [3.05, 3.63) is 23.9 Å². The number of aromatic nitrogens is 1. The maximum absolute atomic E-state index is 10.9. The van der Waals surface area contributed by atoms with Gasteiger partial charge in [-0.05, 0) is 18.6 Å². The second-order valence-corrected chi connectivity index (χ2v) is 4.21. The van der Waals surface area contributed by atoms with Crippen LogP contribution in [0.25, 0.3) is 0 Å². The molecule has 0 amide bonds. The van der Waals surface area contributed by atoms with Crippen molar-refractivity contribution in [3.63, 3.8) is 0 Å². The van der Waals surface area contributed by atoms with Gasteiger partial charge in [0, 0.05) is 6.20 Å². The van der Waals surface area contributed by atoms with Gasteiger partial charge in [-0.1, -0.05) is 18.7 Å². The summed E-state index contributed by atoms with van der Waals surface area (Å²) in [6.07, 6.45) is 1.86. The minimum absolute atomic E-state index is 0.0344. The second-order valence-electron chi connectivity index (χ2n) is 3.01. The lowest BCUT2D eigenvalue weighted by Gasteiger charge is -2.09. The van der Waals surface area contributed by atoms with Crippen LogP contribution in [0.5, 0.6) is 0 Å². The Morgan fingerprint density at radius 3 is 2.69 bits per heavy atom. The first-order valence-corrected chi connectivity index (χ1v) is 5.52. The van der Waals surface area contributed by atoms with Crippen LogP contribution in [0.15, 0.2) is 23.4 Å². The topological polar surface area (TPSA) is 87.5 Å². The molecule has 0 aromatic carbocycles. The molecule has 0 aliphatic heterocycles. The third kappa shape index (κ3) is 2.96. The first-order chi connectivity index (χ1) is 7.56. The van der Waals surface area contributed by atoms with Crippen molar-refractivity contribution in [3.8, 4) is 0 Å². The highest BCUT2D eigenvalue weighted by atomic mass is 32.2. The molecule has 2 N–H and O–H groups in total. The van der Waals surface area contributed by atoms with E-state index in [1.54, 1.807) is 6.92 Å². The van der Waals surface area contributed by atoms with Crippen LogP contribution in [-0.4, -0.2) is 32.4 Å². The first-order valence-electron chi connectivity index (χ1n) is 4.64. The van der Waals surface area contributed by atoms with E-state index in [-0.39, 0.29) is 10.6 Å². The largest absolute Gasteiger partial charge is 0.480 e. The number of thioether (sulfide) groups is 1.